The van der Waals surface area contributed by atoms with Crippen LogP contribution in [0.4, 0.5) is 13.2 Å². The summed E-state index contributed by atoms with van der Waals surface area (Å²) < 4.78 is 45.8. The van der Waals surface area contributed by atoms with Crippen LogP contribution in [-0.4, -0.2) is 22.9 Å². The van der Waals surface area contributed by atoms with Crippen LogP contribution in [-0.2, 0) is 30.3 Å². The number of benzene rings is 1. The Bertz CT molecular complexity index is 766. The minimum atomic E-state index is -4.46. The van der Waals surface area contributed by atoms with E-state index in [1.165, 1.54) is 11.8 Å². The standard InChI is InChI=1S/C17H17F3N2O2/c1-24-16(23)12-7-3-2-6-11(12)10-22-14-9-5-4-8-13(14)15(21-22)17(18,19)20/h2-3,6-7H,4-5,8-10H2,1H3. The lowest BCUT2D eigenvalue weighted by Crippen LogP contribution is -2.13. The number of rotatable bonds is 3. The molecule has 0 bridgehead atoms. The largest absolute Gasteiger partial charge is 0.465 e. The van der Waals surface area contributed by atoms with E-state index in [9.17, 15) is 18.0 Å². The van der Waals surface area contributed by atoms with Crippen molar-refractivity contribution in [1.29, 1.82) is 0 Å². The predicted octanol–water partition coefficient (Wildman–Crippen LogP) is 3.62. The highest BCUT2D eigenvalue weighted by molar-refractivity contribution is 5.90. The highest BCUT2D eigenvalue weighted by Gasteiger charge is 2.39. The molecular formula is C17H17F3N2O2. The number of nitrogens with zero attached hydrogens (tertiary/aromatic N) is 2. The normalized spacial score (nSPS) is 14.3. The number of aromatic nitrogens is 2. The van der Waals surface area contributed by atoms with E-state index in [4.69, 9.17) is 4.74 Å². The van der Waals surface area contributed by atoms with Crippen molar-refractivity contribution in [3.63, 3.8) is 0 Å². The van der Waals surface area contributed by atoms with Gasteiger partial charge >= 0.3 is 12.1 Å². The van der Waals surface area contributed by atoms with Gasteiger partial charge in [-0.15, -0.1) is 0 Å². The molecule has 1 aliphatic rings. The maximum absolute atomic E-state index is 13.2. The first-order valence-electron chi connectivity index (χ1n) is 7.73. The zero-order valence-corrected chi connectivity index (χ0v) is 13.2. The molecule has 24 heavy (non-hydrogen) atoms. The van der Waals surface area contributed by atoms with E-state index >= 15 is 0 Å². The summed E-state index contributed by atoms with van der Waals surface area (Å²) in [7, 11) is 1.27. The molecule has 1 heterocycles. The van der Waals surface area contributed by atoms with Crippen LogP contribution in [0.2, 0.25) is 0 Å². The van der Waals surface area contributed by atoms with Gasteiger partial charge < -0.3 is 4.74 Å². The summed E-state index contributed by atoms with van der Waals surface area (Å²) in [6.45, 7) is 0.115. The van der Waals surface area contributed by atoms with Gasteiger partial charge in [0, 0.05) is 11.3 Å². The number of esters is 1. The summed E-state index contributed by atoms with van der Waals surface area (Å²) >= 11 is 0. The molecule has 1 aliphatic carbocycles. The monoisotopic (exact) mass is 338 g/mol. The maximum atomic E-state index is 13.2. The van der Waals surface area contributed by atoms with Gasteiger partial charge in [-0.1, -0.05) is 18.2 Å². The van der Waals surface area contributed by atoms with Crippen molar-refractivity contribution in [1.82, 2.24) is 9.78 Å². The maximum Gasteiger partial charge on any atom is 0.435 e. The smallest absolute Gasteiger partial charge is 0.435 e. The quantitative estimate of drug-likeness (QED) is 0.803. The molecule has 0 fully saturated rings. The minimum absolute atomic E-state index is 0.115. The Kier molecular flexibility index (Phi) is 4.34. The van der Waals surface area contributed by atoms with Gasteiger partial charge in [0.1, 0.15) is 0 Å². The highest BCUT2D eigenvalue weighted by Crippen LogP contribution is 2.36. The molecule has 0 amide bonds. The van der Waals surface area contributed by atoms with Gasteiger partial charge in [0.25, 0.3) is 0 Å². The van der Waals surface area contributed by atoms with Gasteiger partial charge in [-0.2, -0.15) is 18.3 Å². The number of carbonyl (C=O) groups excluding carboxylic acids is 1. The van der Waals surface area contributed by atoms with E-state index in [-0.39, 0.29) is 6.54 Å². The highest BCUT2D eigenvalue weighted by atomic mass is 19.4. The third kappa shape index (κ3) is 3.02. The van der Waals surface area contributed by atoms with Gasteiger partial charge in [0.05, 0.1) is 19.2 Å². The van der Waals surface area contributed by atoms with Gasteiger partial charge in [-0.3, -0.25) is 4.68 Å². The number of methoxy groups -OCH3 is 1. The van der Waals surface area contributed by atoms with E-state index < -0.39 is 17.8 Å². The fraction of sp³-hybridized carbons (Fsp3) is 0.412. The molecule has 4 nitrogen and oxygen atoms in total. The molecule has 1 aromatic carbocycles. The van der Waals surface area contributed by atoms with Crippen LogP contribution in [0, 0.1) is 0 Å². The summed E-state index contributed by atoms with van der Waals surface area (Å²) in [6.07, 6.45) is -1.93. The Hall–Kier alpha value is -2.31. The summed E-state index contributed by atoms with van der Waals surface area (Å²) in [5.74, 6) is -0.511. The first-order valence-corrected chi connectivity index (χ1v) is 7.73. The fourth-order valence-electron chi connectivity index (χ4n) is 3.16. The zero-order chi connectivity index (χ0) is 17.3. The van der Waals surface area contributed by atoms with Crippen LogP contribution in [0.1, 0.15) is 45.7 Å². The average Bonchev–Trinajstić information content (AvgIpc) is 2.94. The Morgan fingerprint density at radius 1 is 1.25 bits per heavy atom. The van der Waals surface area contributed by atoms with Crippen molar-refractivity contribution in [3.05, 3.63) is 52.3 Å². The van der Waals surface area contributed by atoms with E-state index in [0.29, 0.717) is 35.2 Å². The van der Waals surface area contributed by atoms with Crippen molar-refractivity contribution < 1.29 is 22.7 Å². The summed E-state index contributed by atoms with van der Waals surface area (Å²) in [4.78, 5) is 11.8. The SMILES string of the molecule is COC(=O)c1ccccc1Cn1nc(C(F)(F)F)c2c1CCCC2. The number of carbonyl (C=O) groups is 1. The first kappa shape index (κ1) is 16.5. The van der Waals surface area contributed by atoms with E-state index in [1.54, 1.807) is 24.3 Å². The van der Waals surface area contributed by atoms with E-state index in [0.717, 1.165) is 12.8 Å². The Morgan fingerprint density at radius 2 is 1.96 bits per heavy atom. The average molecular weight is 338 g/mol. The second kappa shape index (κ2) is 6.30. The molecule has 0 N–H and O–H groups in total. The van der Waals surface area contributed by atoms with Crippen LogP contribution in [0.25, 0.3) is 0 Å². The third-order valence-corrected chi connectivity index (χ3v) is 4.27. The molecule has 0 spiro atoms. The number of ether oxygens (including phenoxy) is 1. The molecule has 7 heteroatoms. The lowest BCUT2D eigenvalue weighted by molar-refractivity contribution is -0.142. The topological polar surface area (TPSA) is 44.1 Å². The lowest BCUT2D eigenvalue weighted by atomic mass is 9.95. The minimum Gasteiger partial charge on any atom is -0.465 e. The van der Waals surface area contributed by atoms with Crippen LogP contribution in [0.3, 0.4) is 0 Å². The van der Waals surface area contributed by atoms with E-state index in [2.05, 4.69) is 5.10 Å². The van der Waals surface area contributed by atoms with Crippen LogP contribution >= 0.6 is 0 Å². The van der Waals surface area contributed by atoms with Crippen LogP contribution < -0.4 is 0 Å². The fourth-order valence-corrected chi connectivity index (χ4v) is 3.16. The number of hydrogen-bond donors (Lipinski definition) is 0. The molecule has 0 radical (unpaired) electrons. The predicted molar refractivity (Wildman–Crippen MR) is 80.8 cm³/mol. The number of alkyl halides is 3. The number of halogens is 3. The Labute approximate surface area is 137 Å². The van der Waals surface area contributed by atoms with Crippen LogP contribution in [0.5, 0.6) is 0 Å². The molecule has 3 rings (SSSR count). The number of fused-ring (bicyclic) bond motifs is 1. The number of hydrogen-bond acceptors (Lipinski definition) is 3. The molecule has 0 saturated heterocycles. The molecule has 0 aliphatic heterocycles. The lowest BCUT2D eigenvalue weighted by Gasteiger charge is -2.15. The van der Waals surface area contributed by atoms with Gasteiger partial charge in [0.2, 0.25) is 0 Å². The second-order valence-electron chi connectivity index (χ2n) is 5.79. The van der Waals surface area contributed by atoms with Gasteiger partial charge in [0.15, 0.2) is 5.69 Å². The van der Waals surface area contributed by atoms with E-state index in [1.807, 2.05) is 0 Å². The summed E-state index contributed by atoms with van der Waals surface area (Å²) in [6, 6.07) is 6.73. The third-order valence-electron chi connectivity index (χ3n) is 4.27. The second-order valence-corrected chi connectivity index (χ2v) is 5.79. The molecule has 0 saturated carbocycles. The van der Waals surface area contributed by atoms with Crippen molar-refractivity contribution in [2.75, 3.05) is 7.11 Å². The Morgan fingerprint density at radius 3 is 2.67 bits per heavy atom. The van der Waals surface area contributed by atoms with Crippen molar-refractivity contribution in [2.45, 2.75) is 38.4 Å². The van der Waals surface area contributed by atoms with Crippen molar-refractivity contribution in [2.24, 2.45) is 0 Å². The molecule has 0 atom stereocenters. The zero-order valence-electron chi connectivity index (χ0n) is 13.2. The van der Waals surface area contributed by atoms with Gasteiger partial charge in [-0.05, 0) is 37.3 Å². The molecular weight excluding hydrogens is 321 g/mol. The molecule has 128 valence electrons. The summed E-state index contributed by atoms with van der Waals surface area (Å²) in [5.41, 5.74) is 1.05. The molecule has 0 unspecified atom stereocenters. The van der Waals surface area contributed by atoms with Crippen LogP contribution in [0.15, 0.2) is 24.3 Å². The molecule has 1 aromatic heterocycles. The Balaban J connectivity index is 2.03. The first-order chi connectivity index (χ1) is 11.4. The van der Waals surface area contributed by atoms with Crippen molar-refractivity contribution >= 4 is 5.97 Å². The summed E-state index contributed by atoms with van der Waals surface area (Å²) in [5, 5.41) is 3.82. The van der Waals surface area contributed by atoms with Crippen molar-refractivity contribution in [3.8, 4) is 0 Å². The van der Waals surface area contributed by atoms with Gasteiger partial charge in [-0.25, -0.2) is 4.79 Å². The molecule has 2 aromatic rings.